The number of epoxide rings is 1. The average Bonchev–Trinajstić information content (AvgIpc) is 3.10. The van der Waals surface area contributed by atoms with Crippen LogP contribution in [0.4, 0.5) is 0 Å². The minimum absolute atomic E-state index is 0.230. The molecule has 1 unspecified atom stereocenters. The fourth-order valence-corrected chi connectivity index (χ4v) is 1.85. The van der Waals surface area contributed by atoms with E-state index in [0.29, 0.717) is 6.10 Å². The second-order valence-electron chi connectivity index (χ2n) is 5.07. The Hall–Kier alpha value is -1.15. The zero-order valence-corrected chi connectivity index (χ0v) is 9.90. The highest BCUT2D eigenvalue weighted by molar-refractivity contribution is 5.99. The summed E-state index contributed by atoms with van der Waals surface area (Å²) in [7, 11) is 0. The number of carbonyl (C=O) groups is 1. The zero-order chi connectivity index (χ0) is 11.6. The van der Waals surface area contributed by atoms with E-state index in [9.17, 15) is 4.79 Å². The van der Waals surface area contributed by atoms with Crippen LogP contribution in [-0.2, 0) is 4.74 Å². The maximum absolute atomic E-state index is 12.3. The third-order valence-electron chi connectivity index (χ3n) is 3.14. The SMILES string of the molecule is CC(C)(CCC1CO1)C(=O)c1ccccc1. The van der Waals surface area contributed by atoms with Gasteiger partial charge in [0.2, 0.25) is 0 Å². The van der Waals surface area contributed by atoms with Crippen LogP contribution in [0.3, 0.4) is 0 Å². The van der Waals surface area contributed by atoms with Crippen molar-refractivity contribution in [1.29, 1.82) is 0 Å². The maximum atomic E-state index is 12.3. The molecule has 1 aromatic rings. The van der Waals surface area contributed by atoms with Crippen molar-refractivity contribution in [3.8, 4) is 0 Å². The molecule has 0 spiro atoms. The molecule has 0 N–H and O–H groups in total. The van der Waals surface area contributed by atoms with Crippen molar-refractivity contribution < 1.29 is 9.53 Å². The van der Waals surface area contributed by atoms with Crippen molar-refractivity contribution in [3.63, 3.8) is 0 Å². The highest BCUT2D eigenvalue weighted by atomic mass is 16.6. The van der Waals surface area contributed by atoms with E-state index in [2.05, 4.69) is 0 Å². The Bertz CT molecular complexity index is 364. The molecule has 1 heterocycles. The molecule has 0 saturated carbocycles. The number of carbonyl (C=O) groups excluding carboxylic acids is 1. The van der Waals surface area contributed by atoms with Gasteiger partial charge in [-0.1, -0.05) is 44.2 Å². The highest BCUT2D eigenvalue weighted by Crippen LogP contribution is 2.30. The van der Waals surface area contributed by atoms with E-state index < -0.39 is 0 Å². The van der Waals surface area contributed by atoms with Crippen LogP contribution in [0.25, 0.3) is 0 Å². The molecule has 1 aromatic carbocycles. The molecule has 0 aliphatic carbocycles. The monoisotopic (exact) mass is 218 g/mol. The standard InChI is InChI=1S/C14H18O2/c1-14(2,9-8-12-10-16-12)13(15)11-6-4-3-5-7-11/h3-7,12H,8-10H2,1-2H3. The van der Waals surface area contributed by atoms with E-state index in [4.69, 9.17) is 4.74 Å². The van der Waals surface area contributed by atoms with Crippen molar-refractivity contribution in [2.45, 2.75) is 32.8 Å². The topological polar surface area (TPSA) is 29.6 Å². The lowest BCUT2D eigenvalue weighted by Crippen LogP contribution is -2.24. The molecule has 16 heavy (non-hydrogen) atoms. The van der Waals surface area contributed by atoms with Gasteiger partial charge in [0.15, 0.2) is 5.78 Å². The van der Waals surface area contributed by atoms with Crippen molar-refractivity contribution in [1.82, 2.24) is 0 Å². The van der Waals surface area contributed by atoms with Gasteiger partial charge in [0, 0.05) is 11.0 Å². The second-order valence-corrected chi connectivity index (χ2v) is 5.07. The summed E-state index contributed by atoms with van der Waals surface area (Å²) < 4.78 is 5.18. The molecule has 1 fully saturated rings. The van der Waals surface area contributed by atoms with Crippen molar-refractivity contribution >= 4 is 5.78 Å². The van der Waals surface area contributed by atoms with Gasteiger partial charge in [-0.2, -0.15) is 0 Å². The summed E-state index contributed by atoms with van der Waals surface area (Å²) in [4.78, 5) is 12.3. The van der Waals surface area contributed by atoms with Crippen molar-refractivity contribution in [2.24, 2.45) is 5.41 Å². The van der Waals surface area contributed by atoms with Gasteiger partial charge in [-0.25, -0.2) is 0 Å². The zero-order valence-electron chi connectivity index (χ0n) is 9.90. The van der Waals surface area contributed by atoms with Crippen LogP contribution in [-0.4, -0.2) is 18.5 Å². The van der Waals surface area contributed by atoms with Gasteiger partial charge in [0.25, 0.3) is 0 Å². The Balaban J connectivity index is 2.01. The number of ketones is 1. The molecule has 1 aliphatic rings. The van der Waals surface area contributed by atoms with Gasteiger partial charge in [0.1, 0.15) is 0 Å². The lowest BCUT2D eigenvalue weighted by Gasteiger charge is -2.22. The van der Waals surface area contributed by atoms with E-state index in [1.54, 1.807) is 0 Å². The number of hydrogen-bond acceptors (Lipinski definition) is 2. The first-order valence-corrected chi connectivity index (χ1v) is 5.81. The van der Waals surface area contributed by atoms with E-state index in [0.717, 1.165) is 25.0 Å². The highest BCUT2D eigenvalue weighted by Gasteiger charge is 2.32. The molecule has 0 bridgehead atoms. The lowest BCUT2D eigenvalue weighted by molar-refractivity contribution is 0.0820. The minimum atomic E-state index is -0.284. The predicted octanol–water partition coefficient (Wildman–Crippen LogP) is 3.07. The summed E-state index contributed by atoms with van der Waals surface area (Å²) in [6.45, 7) is 4.91. The van der Waals surface area contributed by atoms with Crippen LogP contribution in [0.15, 0.2) is 30.3 Å². The van der Waals surface area contributed by atoms with Crippen molar-refractivity contribution in [2.75, 3.05) is 6.61 Å². The van der Waals surface area contributed by atoms with Crippen molar-refractivity contribution in [3.05, 3.63) is 35.9 Å². The Kier molecular flexibility index (Phi) is 3.10. The second kappa shape index (κ2) is 4.38. The first kappa shape index (κ1) is 11.3. The summed E-state index contributed by atoms with van der Waals surface area (Å²) in [6.07, 6.45) is 2.29. The van der Waals surface area contributed by atoms with E-state index >= 15 is 0 Å². The van der Waals surface area contributed by atoms with Crippen LogP contribution in [0, 0.1) is 5.41 Å². The molecule has 2 nitrogen and oxygen atoms in total. The van der Waals surface area contributed by atoms with E-state index in [-0.39, 0.29) is 11.2 Å². The number of benzene rings is 1. The van der Waals surface area contributed by atoms with Gasteiger partial charge in [0.05, 0.1) is 12.7 Å². The number of ether oxygens (including phenoxy) is 1. The molecule has 86 valence electrons. The smallest absolute Gasteiger partial charge is 0.168 e. The van der Waals surface area contributed by atoms with Crippen LogP contribution in [0.1, 0.15) is 37.0 Å². The Labute approximate surface area is 96.6 Å². The van der Waals surface area contributed by atoms with Crippen LogP contribution < -0.4 is 0 Å². The Morgan fingerprint density at radius 1 is 1.38 bits per heavy atom. The van der Waals surface area contributed by atoms with E-state index in [1.807, 2.05) is 44.2 Å². The molecule has 2 rings (SSSR count). The summed E-state index contributed by atoms with van der Waals surface area (Å²) >= 11 is 0. The van der Waals surface area contributed by atoms with E-state index in [1.165, 1.54) is 0 Å². The maximum Gasteiger partial charge on any atom is 0.168 e. The van der Waals surface area contributed by atoms with Crippen LogP contribution >= 0.6 is 0 Å². The van der Waals surface area contributed by atoms with Gasteiger partial charge < -0.3 is 4.74 Å². The molecule has 0 aromatic heterocycles. The van der Waals surface area contributed by atoms with Crippen LogP contribution in [0.2, 0.25) is 0 Å². The summed E-state index contributed by atoms with van der Waals surface area (Å²) in [5, 5.41) is 0. The molecule has 0 amide bonds. The Morgan fingerprint density at radius 3 is 2.56 bits per heavy atom. The van der Waals surface area contributed by atoms with Gasteiger partial charge in [-0.15, -0.1) is 0 Å². The number of Topliss-reactive ketones (excluding diaryl/α,β-unsaturated/α-hetero) is 1. The molecule has 1 aliphatic heterocycles. The fraction of sp³-hybridized carbons (Fsp3) is 0.500. The molecular formula is C14H18O2. The number of hydrogen-bond donors (Lipinski definition) is 0. The fourth-order valence-electron chi connectivity index (χ4n) is 1.85. The Morgan fingerprint density at radius 2 is 2.00 bits per heavy atom. The quantitative estimate of drug-likeness (QED) is 0.561. The van der Waals surface area contributed by atoms with Gasteiger partial charge in [-0.3, -0.25) is 4.79 Å². The summed E-state index contributed by atoms with van der Waals surface area (Å²) in [5.41, 5.74) is 0.525. The summed E-state index contributed by atoms with van der Waals surface area (Å²) in [5.74, 6) is 0.230. The van der Waals surface area contributed by atoms with Crippen LogP contribution in [0.5, 0.6) is 0 Å². The number of rotatable bonds is 5. The molecular weight excluding hydrogens is 200 g/mol. The molecule has 0 radical (unpaired) electrons. The normalized spacial score (nSPS) is 19.5. The summed E-state index contributed by atoms with van der Waals surface area (Å²) in [6, 6.07) is 9.53. The molecule has 1 atom stereocenters. The molecule has 1 saturated heterocycles. The third-order valence-corrected chi connectivity index (χ3v) is 3.14. The predicted molar refractivity (Wildman–Crippen MR) is 63.5 cm³/mol. The van der Waals surface area contributed by atoms with Gasteiger partial charge >= 0.3 is 0 Å². The average molecular weight is 218 g/mol. The third kappa shape index (κ3) is 2.70. The first-order chi connectivity index (χ1) is 7.59. The lowest BCUT2D eigenvalue weighted by atomic mass is 9.80. The minimum Gasteiger partial charge on any atom is -0.373 e. The largest absolute Gasteiger partial charge is 0.373 e. The first-order valence-electron chi connectivity index (χ1n) is 5.81. The van der Waals surface area contributed by atoms with Gasteiger partial charge in [-0.05, 0) is 12.8 Å². The molecule has 2 heteroatoms.